The zero-order valence-electron chi connectivity index (χ0n) is 18.7. The second-order valence-corrected chi connectivity index (χ2v) is 8.51. The summed E-state index contributed by atoms with van der Waals surface area (Å²) in [5, 5.41) is 17.8. The second kappa shape index (κ2) is 10.1. The van der Waals surface area contributed by atoms with Gasteiger partial charge in [-0.05, 0) is 49.9 Å². The monoisotopic (exact) mass is 472 g/mol. The molecule has 0 spiro atoms. The minimum absolute atomic E-state index is 0.130. The number of nitrogens with zero attached hydrogens (tertiary/aromatic N) is 1. The van der Waals surface area contributed by atoms with Crippen molar-refractivity contribution in [2.75, 3.05) is 12.4 Å². The van der Waals surface area contributed by atoms with Gasteiger partial charge >= 0.3 is 12.0 Å². The Bertz CT molecular complexity index is 980. The third-order valence-corrected chi connectivity index (χ3v) is 6.27. The summed E-state index contributed by atoms with van der Waals surface area (Å²) in [7, 11) is 1.55. The van der Waals surface area contributed by atoms with Crippen LogP contribution in [0.3, 0.4) is 0 Å². The number of methoxy groups -OCH3 is 1. The highest BCUT2D eigenvalue weighted by atomic mass is 16.6. The zero-order valence-corrected chi connectivity index (χ0v) is 18.7. The number of rotatable bonds is 5. The third kappa shape index (κ3) is 5.14. The smallest absolute Gasteiger partial charge is 0.319 e. The van der Waals surface area contributed by atoms with E-state index in [-0.39, 0.29) is 24.8 Å². The van der Waals surface area contributed by atoms with Gasteiger partial charge in [0.15, 0.2) is 0 Å². The van der Waals surface area contributed by atoms with Gasteiger partial charge < -0.3 is 35.4 Å². The summed E-state index contributed by atoms with van der Waals surface area (Å²) in [6, 6.07) is 3.58. The number of esters is 1. The topological polar surface area (TPSA) is 146 Å². The SMILES string of the molecule is COc1ccc(NC(=O)N[C@H]2C/C=C\C[C@@H]3CC[C@@H](C(=O)NC4CC(=O)OC4O)N3C2=O)cc1. The summed E-state index contributed by atoms with van der Waals surface area (Å²) in [4.78, 5) is 51.9. The largest absolute Gasteiger partial charge is 0.497 e. The van der Waals surface area contributed by atoms with Gasteiger partial charge in [0.05, 0.1) is 13.5 Å². The summed E-state index contributed by atoms with van der Waals surface area (Å²) < 4.78 is 9.78. The number of fused-ring (bicyclic) bond motifs is 1. The molecule has 1 aromatic rings. The summed E-state index contributed by atoms with van der Waals surface area (Å²) in [6.07, 6.45) is 4.24. The second-order valence-electron chi connectivity index (χ2n) is 8.51. The molecule has 4 N–H and O–H groups in total. The van der Waals surface area contributed by atoms with Crippen LogP contribution in [-0.4, -0.2) is 71.4 Å². The number of ether oxygens (including phenoxy) is 2. The maximum atomic E-state index is 13.4. The Morgan fingerprint density at radius 3 is 2.50 bits per heavy atom. The van der Waals surface area contributed by atoms with Gasteiger partial charge in [0, 0.05) is 11.7 Å². The fourth-order valence-electron chi connectivity index (χ4n) is 4.54. The molecule has 3 aliphatic rings. The standard InChI is InChI=1S/C23H28N4O7/c1-33-15-9-6-13(7-10-15)24-23(32)26-16-5-3-2-4-14-8-11-18(27(14)21(16)30)20(29)25-17-12-19(28)34-22(17)31/h2-3,6-7,9-10,14,16-18,22,31H,4-5,8,11-12H2,1H3,(H,25,29)(H2,24,26,32)/b3-2-/t14-,16+,17?,18+,22?/m1/s1. The molecule has 2 saturated heterocycles. The van der Waals surface area contributed by atoms with Gasteiger partial charge in [-0.3, -0.25) is 14.4 Å². The van der Waals surface area contributed by atoms with E-state index < -0.39 is 42.3 Å². The van der Waals surface area contributed by atoms with Crippen molar-refractivity contribution in [3.05, 3.63) is 36.4 Å². The lowest BCUT2D eigenvalue weighted by Crippen LogP contribution is -2.57. The Kier molecular flexibility index (Phi) is 7.01. The molecule has 3 aliphatic heterocycles. The predicted octanol–water partition coefficient (Wildman–Crippen LogP) is 0.645. The average molecular weight is 472 g/mol. The number of aliphatic hydroxyl groups is 1. The van der Waals surface area contributed by atoms with Crippen molar-refractivity contribution in [3.63, 3.8) is 0 Å². The minimum atomic E-state index is -1.41. The summed E-state index contributed by atoms with van der Waals surface area (Å²) in [5.74, 6) is -0.751. The average Bonchev–Trinajstić information content (AvgIpc) is 3.36. The number of carbonyl (C=O) groups excluding carboxylic acids is 4. The lowest BCUT2D eigenvalue weighted by atomic mass is 10.0. The van der Waals surface area contributed by atoms with Gasteiger partial charge in [0.25, 0.3) is 0 Å². The number of hydrogen-bond acceptors (Lipinski definition) is 7. The van der Waals surface area contributed by atoms with Gasteiger partial charge in [-0.1, -0.05) is 12.2 Å². The van der Waals surface area contributed by atoms with Crippen LogP contribution >= 0.6 is 0 Å². The highest BCUT2D eigenvalue weighted by Gasteiger charge is 2.45. The molecule has 0 aliphatic carbocycles. The maximum absolute atomic E-state index is 13.4. The molecule has 0 saturated carbocycles. The van der Waals surface area contributed by atoms with Crippen LogP contribution in [0.1, 0.15) is 32.1 Å². The molecule has 1 aromatic carbocycles. The van der Waals surface area contributed by atoms with Crippen LogP contribution in [0.5, 0.6) is 5.75 Å². The first-order chi connectivity index (χ1) is 16.4. The van der Waals surface area contributed by atoms with E-state index in [0.717, 1.165) is 0 Å². The molecule has 34 heavy (non-hydrogen) atoms. The van der Waals surface area contributed by atoms with Crippen LogP contribution in [0.4, 0.5) is 10.5 Å². The van der Waals surface area contributed by atoms with E-state index in [2.05, 4.69) is 20.7 Å². The summed E-state index contributed by atoms with van der Waals surface area (Å²) in [6.45, 7) is 0. The maximum Gasteiger partial charge on any atom is 0.319 e. The fraction of sp³-hybridized carbons (Fsp3) is 0.478. The molecule has 5 atom stereocenters. The van der Waals surface area contributed by atoms with Crippen LogP contribution in [0, 0.1) is 0 Å². The number of aliphatic hydroxyl groups excluding tert-OH is 1. The Morgan fingerprint density at radius 2 is 1.82 bits per heavy atom. The van der Waals surface area contributed by atoms with Crippen molar-refractivity contribution in [3.8, 4) is 5.75 Å². The Morgan fingerprint density at radius 1 is 1.09 bits per heavy atom. The molecule has 4 rings (SSSR count). The highest BCUT2D eigenvalue weighted by Crippen LogP contribution is 2.30. The number of amides is 4. The van der Waals surface area contributed by atoms with Crippen LogP contribution in [-0.2, 0) is 19.1 Å². The van der Waals surface area contributed by atoms with Crippen molar-refractivity contribution >= 4 is 29.5 Å². The Balaban J connectivity index is 1.43. The number of anilines is 1. The molecular weight excluding hydrogens is 444 g/mol. The van der Waals surface area contributed by atoms with Crippen molar-refractivity contribution in [1.82, 2.24) is 15.5 Å². The highest BCUT2D eigenvalue weighted by molar-refractivity contribution is 5.96. The number of cyclic esters (lactones) is 1. The number of benzene rings is 1. The van der Waals surface area contributed by atoms with E-state index in [0.29, 0.717) is 30.7 Å². The molecular formula is C23H28N4O7. The van der Waals surface area contributed by atoms with E-state index in [1.165, 1.54) is 4.90 Å². The molecule has 0 aromatic heterocycles. The van der Waals surface area contributed by atoms with E-state index in [1.807, 2.05) is 12.2 Å². The van der Waals surface area contributed by atoms with Gasteiger partial charge in [-0.2, -0.15) is 0 Å². The van der Waals surface area contributed by atoms with Crippen LogP contribution in [0.2, 0.25) is 0 Å². The van der Waals surface area contributed by atoms with Gasteiger partial charge in [0.2, 0.25) is 18.1 Å². The molecule has 11 heteroatoms. The first kappa shape index (κ1) is 23.6. The summed E-state index contributed by atoms with van der Waals surface area (Å²) >= 11 is 0. The molecule has 0 radical (unpaired) electrons. The molecule has 3 heterocycles. The van der Waals surface area contributed by atoms with Crippen LogP contribution < -0.4 is 20.7 Å². The molecule has 2 fully saturated rings. The molecule has 0 bridgehead atoms. The predicted molar refractivity (Wildman–Crippen MR) is 120 cm³/mol. The van der Waals surface area contributed by atoms with Crippen molar-refractivity contribution in [2.24, 2.45) is 0 Å². The normalized spacial score (nSPS) is 29.4. The zero-order chi connectivity index (χ0) is 24.2. The lowest BCUT2D eigenvalue weighted by Gasteiger charge is -2.34. The number of nitrogens with one attached hydrogen (secondary N) is 3. The summed E-state index contributed by atoms with van der Waals surface area (Å²) in [5.41, 5.74) is 0.537. The van der Waals surface area contributed by atoms with E-state index in [4.69, 9.17) is 4.74 Å². The van der Waals surface area contributed by atoms with E-state index in [9.17, 15) is 24.3 Å². The lowest BCUT2D eigenvalue weighted by molar-refractivity contribution is -0.155. The molecule has 2 unspecified atom stereocenters. The fourth-order valence-corrected chi connectivity index (χ4v) is 4.54. The molecule has 11 nitrogen and oxygen atoms in total. The van der Waals surface area contributed by atoms with E-state index in [1.54, 1.807) is 31.4 Å². The van der Waals surface area contributed by atoms with Gasteiger partial charge in [-0.25, -0.2) is 4.79 Å². The Hall–Kier alpha value is -3.60. The Labute approximate surface area is 196 Å². The molecule has 182 valence electrons. The van der Waals surface area contributed by atoms with Crippen molar-refractivity contribution in [1.29, 1.82) is 0 Å². The van der Waals surface area contributed by atoms with Gasteiger partial charge in [0.1, 0.15) is 23.9 Å². The first-order valence-electron chi connectivity index (χ1n) is 11.2. The molecule has 4 amide bonds. The minimum Gasteiger partial charge on any atom is -0.497 e. The van der Waals surface area contributed by atoms with E-state index >= 15 is 0 Å². The number of carbonyl (C=O) groups is 4. The number of urea groups is 1. The quantitative estimate of drug-likeness (QED) is 0.363. The van der Waals surface area contributed by atoms with Crippen molar-refractivity contribution in [2.45, 2.75) is 62.6 Å². The van der Waals surface area contributed by atoms with Crippen LogP contribution in [0.25, 0.3) is 0 Å². The number of hydrogen-bond donors (Lipinski definition) is 4. The van der Waals surface area contributed by atoms with Crippen LogP contribution in [0.15, 0.2) is 36.4 Å². The van der Waals surface area contributed by atoms with Crippen molar-refractivity contribution < 1.29 is 33.8 Å². The first-order valence-corrected chi connectivity index (χ1v) is 11.2. The third-order valence-electron chi connectivity index (χ3n) is 6.27. The van der Waals surface area contributed by atoms with Gasteiger partial charge in [-0.15, -0.1) is 0 Å².